The maximum atomic E-state index is 2.21. The first-order valence-corrected chi connectivity index (χ1v) is 9.49. The van der Waals surface area contributed by atoms with Crippen molar-refractivity contribution in [1.82, 2.24) is 0 Å². The summed E-state index contributed by atoms with van der Waals surface area (Å²) in [5, 5.41) is 6.44. The van der Waals surface area contributed by atoms with Crippen molar-refractivity contribution in [1.29, 1.82) is 0 Å². The minimum absolute atomic E-state index is 0. The molecule has 0 fully saturated rings. The number of hydrogen-bond acceptors (Lipinski definition) is 2. The van der Waals surface area contributed by atoms with E-state index in [-0.39, 0.29) is 7.43 Å². The Bertz CT molecular complexity index is 318. The average Bonchev–Trinajstić information content (AvgIpc) is 3.17. The molecule has 2 heterocycles. The van der Waals surface area contributed by atoms with E-state index >= 15 is 0 Å². The summed E-state index contributed by atoms with van der Waals surface area (Å²) in [5.41, 5.74) is 1.45. The van der Waals surface area contributed by atoms with Crippen LogP contribution in [0.4, 0.5) is 0 Å². The van der Waals surface area contributed by atoms with Crippen molar-refractivity contribution in [3.05, 3.63) is 44.8 Å². The summed E-state index contributed by atoms with van der Waals surface area (Å²) in [4.78, 5) is 1.48. The van der Waals surface area contributed by atoms with Crippen molar-refractivity contribution >= 4 is 22.7 Å². The molecule has 0 aliphatic heterocycles. The van der Waals surface area contributed by atoms with Crippen LogP contribution < -0.4 is 0 Å². The van der Waals surface area contributed by atoms with Crippen LogP contribution in [0, 0.1) is 0 Å². The van der Waals surface area contributed by atoms with Crippen LogP contribution in [0.5, 0.6) is 0 Å². The van der Waals surface area contributed by atoms with Crippen molar-refractivity contribution in [2.24, 2.45) is 0 Å². The topological polar surface area (TPSA) is 0 Å². The van der Waals surface area contributed by atoms with Gasteiger partial charge >= 0.3 is 0 Å². The van der Waals surface area contributed by atoms with Crippen LogP contribution in [0.1, 0.15) is 85.1 Å². The Kier molecular flexibility index (Phi) is 21.1. The minimum atomic E-state index is 0. The van der Waals surface area contributed by atoms with E-state index in [1.54, 1.807) is 11.3 Å². The number of rotatable bonds is 2. The van der Waals surface area contributed by atoms with Gasteiger partial charge in [-0.2, -0.15) is 11.3 Å². The van der Waals surface area contributed by atoms with E-state index in [2.05, 4.69) is 62.0 Å². The number of thiophene rings is 2. The van der Waals surface area contributed by atoms with E-state index in [0.29, 0.717) is 11.8 Å². The fourth-order valence-electron chi connectivity index (χ4n) is 1.22. The zero-order valence-corrected chi connectivity index (χ0v) is 16.1. The minimum Gasteiger partial charge on any atom is -0.152 e. The SMILES string of the molecule is C.CC.CC.CC(C)c1cccs1.CC(C)c1ccsc1. The first kappa shape index (κ1) is 25.4. The smallest absolute Gasteiger partial charge is 0.00706 e. The second-order valence-electron chi connectivity index (χ2n) is 4.38. The first-order valence-electron chi connectivity index (χ1n) is 7.66. The van der Waals surface area contributed by atoms with Crippen molar-refractivity contribution in [2.45, 2.75) is 74.7 Å². The highest BCUT2D eigenvalue weighted by molar-refractivity contribution is 7.10. The molecule has 0 amide bonds. The fraction of sp³-hybridized carbons (Fsp3) is 0.579. The van der Waals surface area contributed by atoms with Crippen molar-refractivity contribution < 1.29 is 0 Å². The third-order valence-corrected chi connectivity index (χ3v) is 4.20. The normalized spacial score (nSPS) is 8.48. The van der Waals surface area contributed by atoms with E-state index < -0.39 is 0 Å². The lowest BCUT2D eigenvalue weighted by atomic mass is 10.1. The summed E-state index contributed by atoms with van der Waals surface area (Å²) >= 11 is 3.60. The van der Waals surface area contributed by atoms with Crippen LogP contribution in [0.25, 0.3) is 0 Å². The van der Waals surface area contributed by atoms with Gasteiger partial charge < -0.3 is 0 Å². The maximum Gasteiger partial charge on any atom is 0.00706 e. The van der Waals surface area contributed by atoms with Crippen LogP contribution in [-0.2, 0) is 0 Å². The quantitative estimate of drug-likeness (QED) is 0.519. The summed E-state index contributed by atoms with van der Waals surface area (Å²) in [7, 11) is 0. The molecule has 124 valence electrons. The van der Waals surface area contributed by atoms with Crippen LogP contribution in [-0.4, -0.2) is 0 Å². The van der Waals surface area contributed by atoms with Crippen LogP contribution in [0.15, 0.2) is 34.3 Å². The van der Waals surface area contributed by atoms with Crippen LogP contribution >= 0.6 is 22.7 Å². The molecule has 0 aliphatic rings. The lowest BCUT2D eigenvalue weighted by Crippen LogP contribution is -1.79. The predicted octanol–water partition coefficient (Wildman–Crippen LogP) is 8.43. The van der Waals surface area contributed by atoms with Gasteiger partial charge in [-0.25, -0.2) is 0 Å². The van der Waals surface area contributed by atoms with Crippen LogP contribution in [0.2, 0.25) is 0 Å². The fourth-order valence-corrected chi connectivity index (χ4v) is 2.79. The second kappa shape index (κ2) is 17.5. The summed E-state index contributed by atoms with van der Waals surface area (Å²) in [6, 6.07) is 6.45. The average molecular weight is 329 g/mol. The molecule has 0 saturated heterocycles. The van der Waals surface area contributed by atoms with E-state index in [4.69, 9.17) is 0 Å². The van der Waals surface area contributed by atoms with Gasteiger partial charge in [0.25, 0.3) is 0 Å². The molecule has 0 N–H and O–H groups in total. The third kappa shape index (κ3) is 12.8. The molecular weight excluding hydrogens is 292 g/mol. The molecule has 21 heavy (non-hydrogen) atoms. The molecule has 0 spiro atoms. The van der Waals surface area contributed by atoms with Gasteiger partial charge in [0, 0.05) is 4.88 Å². The molecule has 2 rings (SSSR count). The van der Waals surface area contributed by atoms with Crippen molar-refractivity contribution in [2.75, 3.05) is 0 Å². The molecule has 2 aromatic heterocycles. The molecular formula is C19H36S2. The van der Waals surface area contributed by atoms with E-state index in [0.717, 1.165) is 0 Å². The zero-order chi connectivity index (χ0) is 16.0. The Morgan fingerprint density at radius 2 is 1.38 bits per heavy atom. The summed E-state index contributed by atoms with van der Waals surface area (Å²) < 4.78 is 0. The van der Waals surface area contributed by atoms with E-state index in [1.165, 1.54) is 10.4 Å². The van der Waals surface area contributed by atoms with Gasteiger partial charge in [-0.3, -0.25) is 0 Å². The third-order valence-electron chi connectivity index (χ3n) is 2.32. The number of hydrogen-bond donors (Lipinski definition) is 0. The largest absolute Gasteiger partial charge is 0.152 e. The highest BCUT2D eigenvalue weighted by Gasteiger charge is 1.96. The van der Waals surface area contributed by atoms with Gasteiger partial charge in [0.05, 0.1) is 0 Å². The first-order chi connectivity index (χ1) is 9.61. The predicted molar refractivity (Wildman–Crippen MR) is 106 cm³/mol. The molecule has 2 aromatic rings. The highest BCUT2D eigenvalue weighted by Crippen LogP contribution is 2.18. The summed E-state index contributed by atoms with van der Waals surface area (Å²) in [6.45, 7) is 16.8. The maximum absolute atomic E-state index is 2.21. The molecule has 0 saturated carbocycles. The Hall–Kier alpha value is -0.600. The standard InChI is InChI=1S/2C7H10S.2C2H6.CH4/c1-6(2)7-3-4-8-5-7;1-6(2)7-4-3-5-8-7;2*1-2;/h2*3-6H,1-2H3;2*1-2H3;1H4. The van der Waals surface area contributed by atoms with Crippen molar-refractivity contribution in [3.8, 4) is 0 Å². The van der Waals surface area contributed by atoms with Gasteiger partial charge in [-0.05, 0) is 45.7 Å². The van der Waals surface area contributed by atoms with E-state index in [9.17, 15) is 0 Å². The van der Waals surface area contributed by atoms with Gasteiger partial charge in [-0.15, -0.1) is 11.3 Å². The molecule has 0 nitrogen and oxygen atoms in total. The summed E-state index contributed by atoms with van der Waals surface area (Å²) in [5.74, 6) is 1.40. The van der Waals surface area contributed by atoms with Gasteiger partial charge in [0.1, 0.15) is 0 Å². The summed E-state index contributed by atoms with van der Waals surface area (Å²) in [6.07, 6.45) is 0. The Morgan fingerprint density at radius 3 is 1.57 bits per heavy atom. The molecule has 2 heteroatoms. The van der Waals surface area contributed by atoms with E-state index in [1.807, 2.05) is 39.0 Å². The Labute approximate surface area is 142 Å². The molecule has 0 unspecified atom stereocenters. The molecule has 0 aliphatic carbocycles. The lowest BCUT2D eigenvalue weighted by Gasteiger charge is -1.96. The molecule has 0 aromatic carbocycles. The Morgan fingerprint density at radius 1 is 0.810 bits per heavy atom. The second-order valence-corrected chi connectivity index (χ2v) is 6.14. The Balaban J connectivity index is -0.000000240. The lowest BCUT2D eigenvalue weighted by molar-refractivity contribution is 0.872. The van der Waals surface area contributed by atoms with Gasteiger partial charge in [0.15, 0.2) is 0 Å². The van der Waals surface area contributed by atoms with Crippen molar-refractivity contribution in [3.63, 3.8) is 0 Å². The van der Waals surface area contributed by atoms with Crippen LogP contribution in [0.3, 0.4) is 0 Å². The highest BCUT2D eigenvalue weighted by atomic mass is 32.1. The van der Waals surface area contributed by atoms with Gasteiger partial charge in [-0.1, -0.05) is 68.9 Å². The molecule has 0 radical (unpaired) electrons. The molecule has 0 atom stereocenters. The van der Waals surface area contributed by atoms with Gasteiger partial charge in [0.2, 0.25) is 0 Å². The molecule has 0 bridgehead atoms. The zero-order valence-electron chi connectivity index (χ0n) is 14.4. The monoisotopic (exact) mass is 328 g/mol.